The first-order valence-electron chi connectivity index (χ1n) is 12.4. The van der Waals surface area contributed by atoms with Crippen LogP contribution in [0.3, 0.4) is 0 Å². The first kappa shape index (κ1) is 30.9. The van der Waals surface area contributed by atoms with Crippen molar-refractivity contribution < 1.29 is 25.2 Å². The Balaban J connectivity index is 0.000000773. The highest BCUT2D eigenvalue weighted by atomic mass is 32.2. The third kappa shape index (κ3) is 8.89. The maximum atomic E-state index is 12.6. The molecule has 0 fully saturated rings. The Hall–Kier alpha value is -3.36. The monoisotopic (exact) mass is 556 g/mol. The Kier molecular flexibility index (Phi) is 10.9. The smallest absolute Gasteiger partial charge is 0.339 e. The van der Waals surface area contributed by atoms with Crippen molar-refractivity contribution >= 4 is 31.0 Å². The van der Waals surface area contributed by atoms with Crippen LogP contribution in [-0.4, -0.2) is 16.8 Å². The maximum absolute atomic E-state index is 12.6. The summed E-state index contributed by atoms with van der Waals surface area (Å²) < 4.78 is 60.8. The van der Waals surface area contributed by atoms with Gasteiger partial charge in [0.25, 0.3) is 0 Å². The molecule has 0 saturated carbocycles. The zero-order valence-corrected chi connectivity index (χ0v) is 24.6. The van der Waals surface area contributed by atoms with Gasteiger partial charge in [0, 0.05) is 0 Å². The molecule has 4 aromatic carbocycles. The van der Waals surface area contributed by atoms with Crippen molar-refractivity contribution in [2.45, 2.75) is 58.3 Å². The van der Waals surface area contributed by atoms with Crippen LogP contribution < -0.4 is 8.37 Å². The van der Waals surface area contributed by atoms with Gasteiger partial charge < -0.3 is 8.37 Å². The van der Waals surface area contributed by atoms with E-state index in [2.05, 4.69) is 20.8 Å². The fourth-order valence-corrected chi connectivity index (χ4v) is 4.91. The van der Waals surface area contributed by atoms with E-state index < -0.39 is 20.2 Å². The molecule has 4 aromatic rings. The lowest BCUT2D eigenvalue weighted by Gasteiger charge is -2.10. The fraction of sp³-hybridized carbons (Fsp3) is 0.267. The van der Waals surface area contributed by atoms with Crippen LogP contribution in [0.4, 0.5) is 0 Å². The number of hydrogen-bond donors (Lipinski definition) is 0. The molecule has 0 heterocycles. The summed E-state index contributed by atoms with van der Waals surface area (Å²) in [4.78, 5) is 0.0916. The lowest BCUT2D eigenvalue weighted by Crippen LogP contribution is -2.10. The standard InChI is InChI=1S/C24H20O6S2.C4H10.C2H6/c1-17-3-11-23(12-4-17)31(25,26)29-21-9-7-19-8-10-22(16-20(19)15-21)30-32(27,28)24-13-5-18(2)6-14-24;1-4(2)3;1-2/h3-16H,1-2H3;4H,1-3H3;1-2H3. The largest absolute Gasteiger partial charge is 0.379 e. The van der Waals surface area contributed by atoms with Gasteiger partial charge in [-0.3, -0.25) is 0 Å². The minimum Gasteiger partial charge on any atom is -0.379 e. The van der Waals surface area contributed by atoms with Gasteiger partial charge in [0.2, 0.25) is 0 Å². The summed E-state index contributed by atoms with van der Waals surface area (Å²) in [5.41, 5.74) is 1.87. The molecule has 0 aromatic heterocycles. The molecule has 0 aliphatic rings. The number of hydrogen-bond acceptors (Lipinski definition) is 6. The quantitative estimate of drug-likeness (QED) is 0.226. The minimum atomic E-state index is -4.00. The van der Waals surface area contributed by atoms with E-state index in [1.165, 1.54) is 48.5 Å². The lowest BCUT2D eigenvalue weighted by molar-refractivity contribution is 0.485. The van der Waals surface area contributed by atoms with Crippen molar-refractivity contribution in [1.82, 2.24) is 0 Å². The number of benzene rings is 4. The van der Waals surface area contributed by atoms with Crippen LogP contribution in [0.25, 0.3) is 10.8 Å². The van der Waals surface area contributed by atoms with E-state index >= 15 is 0 Å². The van der Waals surface area contributed by atoms with Crippen molar-refractivity contribution in [1.29, 1.82) is 0 Å². The molecule has 0 atom stereocenters. The highest BCUT2D eigenvalue weighted by Crippen LogP contribution is 2.28. The van der Waals surface area contributed by atoms with Crippen LogP contribution in [0.5, 0.6) is 11.5 Å². The van der Waals surface area contributed by atoms with E-state index in [9.17, 15) is 16.8 Å². The summed E-state index contributed by atoms with van der Waals surface area (Å²) in [5, 5.41) is 1.34. The summed E-state index contributed by atoms with van der Waals surface area (Å²) in [6.45, 7) is 14.2. The average Bonchev–Trinajstić information content (AvgIpc) is 2.85. The van der Waals surface area contributed by atoms with E-state index in [-0.39, 0.29) is 21.3 Å². The van der Waals surface area contributed by atoms with Crippen LogP contribution >= 0.6 is 0 Å². The van der Waals surface area contributed by atoms with Crippen molar-refractivity contribution in [3.63, 3.8) is 0 Å². The summed E-state index contributed by atoms with van der Waals surface area (Å²) >= 11 is 0. The molecule has 0 aliphatic heterocycles. The molecule has 8 heteroatoms. The van der Waals surface area contributed by atoms with Crippen molar-refractivity contribution in [3.8, 4) is 11.5 Å². The Morgan fingerprint density at radius 2 is 0.842 bits per heavy atom. The van der Waals surface area contributed by atoms with Gasteiger partial charge in [-0.2, -0.15) is 16.8 Å². The first-order chi connectivity index (χ1) is 17.9. The summed E-state index contributed by atoms with van der Waals surface area (Å²) in [6.07, 6.45) is 0. The summed E-state index contributed by atoms with van der Waals surface area (Å²) in [5.74, 6) is 1.05. The molecular weight excluding hydrogens is 520 g/mol. The van der Waals surface area contributed by atoms with E-state index in [1.54, 1.807) is 36.4 Å². The fourth-order valence-electron chi connectivity index (χ4n) is 3.07. The number of rotatable bonds is 6. The van der Waals surface area contributed by atoms with Crippen LogP contribution in [0.15, 0.2) is 94.7 Å². The maximum Gasteiger partial charge on any atom is 0.339 e. The molecule has 0 aliphatic carbocycles. The zero-order valence-electron chi connectivity index (χ0n) is 22.9. The van der Waals surface area contributed by atoms with Crippen LogP contribution in [0, 0.1) is 19.8 Å². The highest BCUT2D eigenvalue weighted by Gasteiger charge is 2.18. The van der Waals surface area contributed by atoms with Crippen molar-refractivity contribution in [2.75, 3.05) is 0 Å². The molecule has 0 amide bonds. The van der Waals surface area contributed by atoms with Crippen LogP contribution in [0.2, 0.25) is 0 Å². The zero-order chi connectivity index (χ0) is 28.5. The Bertz CT molecular complexity index is 1420. The molecule has 4 rings (SSSR count). The van der Waals surface area contributed by atoms with E-state index in [0.717, 1.165) is 22.4 Å². The molecule has 38 heavy (non-hydrogen) atoms. The van der Waals surface area contributed by atoms with E-state index in [1.807, 2.05) is 27.7 Å². The second kappa shape index (κ2) is 13.4. The summed E-state index contributed by atoms with van der Waals surface area (Å²) in [6, 6.07) is 22.2. The van der Waals surface area contributed by atoms with Crippen molar-refractivity contribution in [3.05, 3.63) is 96.1 Å². The Morgan fingerprint density at radius 3 is 1.16 bits per heavy atom. The molecule has 0 bridgehead atoms. The predicted octanol–water partition coefficient (Wildman–Crippen LogP) is 7.68. The lowest BCUT2D eigenvalue weighted by atomic mass is 10.1. The molecule has 0 spiro atoms. The average molecular weight is 557 g/mol. The topological polar surface area (TPSA) is 86.7 Å². The second-order valence-electron chi connectivity index (χ2n) is 9.10. The van der Waals surface area contributed by atoms with Crippen molar-refractivity contribution in [2.24, 2.45) is 5.92 Å². The van der Waals surface area contributed by atoms with E-state index in [4.69, 9.17) is 8.37 Å². The van der Waals surface area contributed by atoms with Crippen LogP contribution in [0.1, 0.15) is 45.7 Å². The molecule has 0 saturated heterocycles. The van der Waals surface area contributed by atoms with Gasteiger partial charge in [0.05, 0.1) is 0 Å². The minimum absolute atomic E-state index is 0.0458. The van der Waals surface area contributed by atoms with Gasteiger partial charge in [-0.1, -0.05) is 82.1 Å². The molecule has 204 valence electrons. The molecule has 0 unspecified atom stereocenters. The Morgan fingerprint density at radius 1 is 0.526 bits per heavy atom. The first-order valence-corrected chi connectivity index (χ1v) is 15.2. The second-order valence-corrected chi connectivity index (χ2v) is 12.2. The van der Waals surface area contributed by atoms with Gasteiger partial charge in [-0.25, -0.2) is 0 Å². The van der Waals surface area contributed by atoms with Gasteiger partial charge >= 0.3 is 20.2 Å². The predicted molar refractivity (Wildman–Crippen MR) is 154 cm³/mol. The number of aryl methyl sites for hydroxylation is 2. The van der Waals surface area contributed by atoms with Gasteiger partial charge in [-0.05, 0) is 79.1 Å². The Labute approximate surface area is 227 Å². The molecular formula is C30H36O6S2. The number of fused-ring (bicyclic) bond motifs is 1. The highest BCUT2D eigenvalue weighted by molar-refractivity contribution is 7.87. The molecule has 6 nitrogen and oxygen atoms in total. The third-order valence-electron chi connectivity index (χ3n) is 4.81. The van der Waals surface area contributed by atoms with E-state index in [0.29, 0.717) is 5.39 Å². The normalized spacial score (nSPS) is 11.2. The molecule has 0 radical (unpaired) electrons. The van der Waals surface area contributed by atoms with Crippen LogP contribution in [-0.2, 0) is 20.2 Å². The third-order valence-corrected chi connectivity index (χ3v) is 7.34. The van der Waals surface area contributed by atoms with Gasteiger partial charge in [-0.15, -0.1) is 0 Å². The SMILES string of the molecule is CC.CC(C)C.Cc1ccc(S(=O)(=O)Oc2ccc3ccc(OS(=O)(=O)c4ccc(C)cc4)cc3c2)cc1. The van der Waals surface area contributed by atoms with Gasteiger partial charge in [0.15, 0.2) is 0 Å². The molecule has 0 N–H and O–H groups in total. The summed E-state index contributed by atoms with van der Waals surface area (Å²) in [7, 11) is -8.01. The van der Waals surface area contributed by atoms with Gasteiger partial charge in [0.1, 0.15) is 21.3 Å².